The third-order valence-electron chi connectivity index (χ3n) is 2.23. The minimum absolute atomic E-state index is 0.00519. The van der Waals surface area contributed by atoms with E-state index in [1.54, 1.807) is 6.92 Å². The molecule has 0 spiro atoms. The summed E-state index contributed by atoms with van der Waals surface area (Å²) >= 11 is 5.66. The third-order valence-corrected chi connectivity index (χ3v) is 2.46. The highest BCUT2D eigenvalue weighted by Crippen LogP contribution is 2.31. The summed E-state index contributed by atoms with van der Waals surface area (Å²) in [6, 6.07) is 3.94. The van der Waals surface area contributed by atoms with Crippen molar-refractivity contribution < 1.29 is 9.72 Å². The highest BCUT2D eigenvalue weighted by Gasteiger charge is 2.19. The van der Waals surface area contributed by atoms with Crippen LogP contribution in [-0.2, 0) is 4.79 Å². The number of azo groups is 2. The Hall–Kier alpha value is -2.48. The maximum absolute atomic E-state index is 11.3. The summed E-state index contributed by atoms with van der Waals surface area (Å²) in [7, 11) is 0. The van der Waals surface area contributed by atoms with Gasteiger partial charge in [0, 0.05) is 11.1 Å². The lowest BCUT2D eigenvalue weighted by molar-refractivity contribution is -0.384. The smallest absolute Gasteiger partial charge is 0.263 e. The van der Waals surface area contributed by atoms with Crippen molar-refractivity contribution in [1.29, 1.82) is 0 Å². The fraction of sp³-hybridized carbons (Fsp3) is 0.100. The van der Waals surface area contributed by atoms with Gasteiger partial charge in [-0.2, -0.15) is 0 Å². The number of carbonyl (C=O) groups is 1. The number of hydrogen-bond donors (Lipinski definition) is 0. The Morgan fingerprint density at radius 2 is 2.05 bits per heavy atom. The molecule has 1 heterocycles. The van der Waals surface area contributed by atoms with Gasteiger partial charge in [-0.25, -0.2) is 0 Å². The van der Waals surface area contributed by atoms with Crippen LogP contribution in [0.3, 0.4) is 0 Å². The Morgan fingerprint density at radius 3 is 2.63 bits per heavy atom. The summed E-state index contributed by atoms with van der Waals surface area (Å²) in [6.07, 6.45) is 0. The lowest BCUT2D eigenvalue weighted by atomic mass is 10.3. The first-order valence-corrected chi connectivity index (χ1v) is 5.39. The van der Waals surface area contributed by atoms with E-state index in [0.717, 1.165) is 6.07 Å². The Balaban J connectivity index is 2.37. The van der Waals surface area contributed by atoms with Crippen LogP contribution in [-0.4, -0.2) is 10.8 Å². The van der Waals surface area contributed by atoms with Gasteiger partial charge in [-0.15, -0.1) is 20.5 Å². The fourth-order valence-electron chi connectivity index (χ4n) is 1.32. The Kier molecular flexibility index (Phi) is 3.43. The standard InChI is InChI=1S/C10H6ClN5O3/c1-5-9(10(17)15-12-5)14-13-7-3-2-6(11)4-8(7)16(18)19/h2-4H,1H3. The van der Waals surface area contributed by atoms with E-state index in [2.05, 4.69) is 20.5 Å². The van der Waals surface area contributed by atoms with Crippen LogP contribution in [0.1, 0.15) is 6.92 Å². The van der Waals surface area contributed by atoms with Gasteiger partial charge in [-0.1, -0.05) is 11.6 Å². The van der Waals surface area contributed by atoms with E-state index in [1.807, 2.05) is 0 Å². The summed E-state index contributed by atoms with van der Waals surface area (Å²) in [4.78, 5) is 21.4. The Bertz CT molecular complexity index is 665. The second-order valence-electron chi connectivity index (χ2n) is 3.53. The first-order chi connectivity index (χ1) is 8.99. The van der Waals surface area contributed by atoms with E-state index in [-0.39, 0.29) is 22.1 Å². The monoisotopic (exact) mass is 279 g/mol. The minimum atomic E-state index is -0.632. The predicted octanol–water partition coefficient (Wildman–Crippen LogP) is 3.56. The molecule has 19 heavy (non-hydrogen) atoms. The van der Waals surface area contributed by atoms with Crippen molar-refractivity contribution in [1.82, 2.24) is 0 Å². The second-order valence-corrected chi connectivity index (χ2v) is 3.97. The molecule has 0 aromatic heterocycles. The van der Waals surface area contributed by atoms with Crippen molar-refractivity contribution in [3.05, 3.63) is 44.7 Å². The molecule has 0 bridgehead atoms. The van der Waals surface area contributed by atoms with Gasteiger partial charge in [0.1, 0.15) is 0 Å². The summed E-state index contributed by atoms with van der Waals surface area (Å²) in [5, 5.41) is 25.2. The van der Waals surface area contributed by atoms with E-state index in [0.29, 0.717) is 5.70 Å². The number of hydrogen-bond acceptors (Lipinski definition) is 6. The van der Waals surface area contributed by atoms with E-state index in [1.165, 1.54) is 12.1 Å². The van der Waals surface area contributed by atoms with Crippen LogP contribution in [0.15, 0.2) is 50.1 Å². The number of halogens is 1. The van der Waals surface area contributed by atoms with E-state index < -0.39 is 10.8 Å². The fourth-order valence-corrected chi connectivity index (χ4v) is 1.48. The van der Waals surface area contributed by atoms with Gasteiger partial charge >= 0.3 is 5.91 Å². The molecule has 9 heteroatoms. The van der Waals surface area contributed by atoms with Crippen molar-refractivity contribution in [3.8, 4) is 0 Å². The molecule has 1 amide bonds. The zero-order valence-corrected chi connectivity index (χ0v) is 10.3. The maximum Gasteiger partial charge on any atom is 0.317 e. The van der Waals surface area contributed by atoms with Crippen molar-refractivity contribution in [2.24, 2.45) is 20.5 Å². The number of rotatable bonds is 3. The van der Waals surface area contributed by atoms with Gasteiger partial charge in [0.2, 0.25) is 0 Å². The van der Waals surface area contributed by atoms with Crippen molar-refractivity contribution >= 4 is 28.9 Å². The predicted molar refractivity (Wildman–Crippen MR) is 65.2 cm³/mol. The largest absolute Gasteiger partial charge is 0.317 e. The molecule has 0 aliphatic carbocycles. The van der Waals surface area contributed by atoms with Crippen molar-refractivity contribution in [2.75, 3.05) is 0 Å². The first kappa shape index (κ1) is 13.0. The molecule has 0 unspecified atom stereocenters. The number of carbonyl (C=O) groups excluding carboxylic acids is 1. The van der Waals surface area contributed by atoms with E-state index >= 15 is 0 Å². The molecule has 0 saturated heterocycles. The molecular formula is C10H6ClN5O3. The number of nitro benzene ring substituents is 1. The van der Waals surface area contributed by atoms with Gasteiger partial charge in [-0.05, 0) is 19.1 Å². The highest BCUT2D eigenvalue weighted by molar-refractivity contribution is 6.30. The maximum atomic E-state index is 11.3. The molecule has 0 radical (unpaired) electrons. The Morgan fingerprint density at radius 1 is 1.32 bits per heavy atom. The zero-order chi connectivity index (χ0) is 14.0. The first-order valence-electron chi connectivity index (χ1n) is 5.01. The van der Waals surface area contributed by atoms with Crippen LogP contribution in [0.2, 0.25) is 5.02 Å². The van der Waals surface area contributed by atoms with Crippen LogP contribution in [0, 0.1) is 10.1 Å². The van der Waals surface area contributed by atoms with Crippen LogP contribution < -0.4 is 0 Å². The molecule has 0 N–H and O–H groups in total. The molecule has 0 saturated carbocycles. The van der Waals surface area contributed by atoms with E-state index in [9.17, 15) is 14.9 Å². The summed E-state index contributed by atoms with van der Waals surface area (Å²) in [6.45, 7) is 1.54. The van der Waals surface area contributed by atoms with Gasteiger partial charge in [0.15, 0.2) is 11.4 Å². The molecule has 1 aliphatic rings. The van der Waals surface area contributed by atoms with Crippen LogP contribution in [0.5, 0.6) is 0 Å². The Labute approximate surface area is 111 Å². The molecular weight excluding hydrogens is 274 g/mol. The van der Waals surface area contributed by atoms with Gasteiger partial charge in [-0.3, -0.25) is 14.9 Å². The average molecular weight is 280 g/mol. The number of nitrogens with zero attached hydrogens (tertiary/aromatic N) is 5. The molecule has 1 aromatic rings. The van der Waals surface area contributed by atoms with Crippen LogP contribution >= 0.6 is 11.6 Å². The number of benzene rings is 1. The average Bonchev–Trinajstić information content (AvgIpc) is 2.68. The number of amides is 1. The summed E-state index contributed by atoms with van der Waals surface area (Å²) < 4.78 is 0. The van der Waals surface area contributed by atoms with E-state index in [4.69, 9.17) is 11.6 Å². The third kappa shape index (κ3) is 2.68. The normalized spacial score (nSPS) is 14.7. The van der Waals surface area contributed by atoms with Crippen molar-refractivity contribution in [2.45, 2.75) is 6.92 Å². The highest BCUT2D eigenvalue weighted by atomic mass is 35.5. The SMILES string of the molecule is CC1=C(N=Nc2ccc(Cl)cc2[N+](=O)[O-])C(=O)N=N1. The van der Waals surface area contributed by atoms with Gasteiger partial charge < -0.3 is 0 Å². The van der Waals surface area contributed by atoms with Crippen molar-refractivity contribution in [3.63, 3.8) is 0 Å². The van der Waals surface area contributed by atoms with Crippen LogP contribution in [0.25, 0.3) is 0 Å². The quantitative estimate of drug-likeness (QED) is 0.479. The minimum Gasteiger partial charge on any atom is -0.263 e. The lowest BCUT2D eigenvalue weighted by Gasteiger charge is -1.97. The number of allylic oxidation sites excluding steroid dienone is 1. The molecule has 2 rings (SSSR count). The topological polar surface area (TPSA) is 110 Å². The molecule has 0 fully saturated rings. The molecule has 8 nitrogen and oxygen atoms in total. The molecule has 0 atom stereocenters. The lowest BCUT2D eigenvalue weighted by Crippen LogP contribution is -1.92. The molecule has 1 aliphatic heterocycles. The summed E-state index contributed by atoms with van der Waals surface area (Å²) in [5.74, 6) is -0.627. The number of nitro groups is 1. The second kappa shape index (κ2) is 5.02. The molecule has 96 valence electrons. The molecule has 1 aromatic carbocycles. The van der Waals surface area contributed by atoms with Crippen LogP contribution in [0.4, 0.5) is 11.4 Å². The van der Waals surface area contributed by atoms with Gasteiger partial charge in [0.25, 0.3) is 5.69 Å². The summed E-state index contributed by atoms with van der Waals surface area (Å²) in [5.41, 5.74) is -0.0298. The zero-order valence-electron chi connectivity index (χ0n) is 9.57. The van der Waals surface area contributed by atoms with Gasteiger partial charge in [0.05, 0.1) is 10.6 Å².